The Balaban J connectivity index is 1.28. The number of rotatable bonds is 7. The van der Waals surface area contributed by atoms with E-state index in [4.69, 9.17) is 8.92 Å². The number of hydrogen-bond acceptors (Lipinski definition) is 6. The summed E-state index contributed by atoms with van der Waals surface area (Å²) in [5.74, 6) is 2.57. The van der Waals surface area contributed by atoms with Gasteiger partial charge >= 0.3 is 5.97 Å². The third kappa shape index (κ3) is 5.00. The SMILES string of the molecule is COC(=O)CC[C@H](C)[C@H]1CC[C@H]2[C@@H]3CC[C@@H]4C[C@H](OS(=O)(=O)c5ccc(C)cc5)CC[C@]4(C)[C@H]3CC(=O)[C@]12C. The normalized spacial score (nSPS) is 38.8. The van der Waals surface area contributed by atoms with E-state index in [2.05, 4.69) is 20.8 Å². The highest BCUT2D eigenvalue weighted by Crippen LogP contribution is 2.67. The molecule has 0 spiro atoms. The highest BCUT2D eigenvalue weighted by Gasteiger charge is 2.64. The van der Waals surface area contributed by atoms with E-state index in [-0.39, 0.29) is 27.8 Å². The van der Waals surface area contributed by atoms with Crippen LogP contribution in [0, 0.1) is 53.3 Å². The zero-order valence-electron chi connectivity index (χ0n) is 24.3. The van der Waals surface area contributed by atoms with E-state index in [1.807, 2.05) is 6.92 Å². The van der Waals surface area contributed by atoms with Crippen molar-refractivity contribution >= 4 is 21.9 Å². The third-order valence-electron chi connectivity index (χ3n) is 11.8. The van der Waals surface area contributed by atoms with Crippen LogP contribution in [-0.2, 0) is 28.6 Å². The molecule has 39 heavy (non-hydrogen) atoms. The molecule has 4 fully saturated rings. The monoisotopic (exact) mass is 558 g/mol. The van der Waals surface area contributed by atoms with Crippen LogP contribution in [0.4, 0.5) is 0 Å². The number of carbonyl (C=O) groups excluding carboxylic acids is 2. The summed E-state index contributed by atoms with van der Waals surface area (Å²) in [6, 6.07) is 6.85. The number of benzene rings is 1. The summed E-state index contributed by atoms with van der Waals surface area (Å²) in [5.41, 5.74) is 0.756. The van der Waals surface area contributed by atoms with Crippen LogP contribution >= 0.6 is 0 Å². The van der Waals surface area contributed by atoms with E-state index in [0.717, 1.165) is 50.5 Å². The third-order valence-corrected chi connectivity index (χ3v) is 13.2. The molecule has 7 heteroatoms. The molecule has 0 aromatic heterocycles. The molecule has 9 atom stereocenters. The Kier molecular flexibility index (Phi) is 7.82. The summed E-state index contributed by atoms with van der Waals surface area (Å²) in [4.78, 5) is 26.0. The van der Waals surface area contributed by atoms with Crippen molar-refractivity contribution in [2.75, 3.05) is 7.11 Å². The van der Waals surface area contributed by atoms with Gasteiger partial charge in [0.15, 0.2) is 0 Å². The van der Waals surface area contributed by atoms with Crippen LogP contribution in [0.15, 0.2) is 29.2 Å². The standard InChI is InChI=1S/C32H46O6S/c1-20-6-10-24(11-7-20)39(35,36)38-23-16-17-31(3)22(18-23)9-12-25-27-14-13-26(21(2)8-15-30(34)37-5)32(27,4)29(33)19-28(25)31/h6-7,10-11,21-23,25-28H,8-9,12-19H2,1-5H3/t21-,22+,23+,25-,26+,27-,28-,31-,32+/m0/s1. The molecule has 5 rings (SSSR count). The highest BCUT2D eigenvalue weighted by molar-refractivity contribution is 7.86. The smallest absolute Gasteiger partial charge is 0.305 e. The summed E-state index contributed by atoms with van der Waals surface area (Å²) in [6.45, 7) is 8.76. The lowest BCUT2D eigenvalue weighted by molar-refractivity contribution is -0.160. The first-order chi connectivity index (χ1) is 18.4. The lowest BCUT2D eigenvalue weighted by Crippen LogP contribution is -2.57. The van der Waals surface area contributed by atoms with Crippen LogP contribution in [-0.4, -0.2) is 33.4 Å². The molecule has 0 radical (unpaired) electrons. The molecule has 4 aliphatic carbocycles. The highest BCUT2D eigenvalue weighted by atomic mass is 32.2. The first-order valence-corrected chi connectivity index (χ1v) is 16.4. The molecule has 216 valence electrons. The van der Waals surface area contributed by atoms with Gasteiger partial charge in [0.05, 0.1) is 18.1 Å². The number of methoxy groups -OCH3 is 1. The quantitative estimate of drug-likeness (QED) is 0.281. The molecule has 0 saturated heterocycles. The van der Waals surface area contributed by atoms with Crippen molar-refractivity contribution in [2.24, 2.45) is 46.3 Å². The number of ketones is 1. The van der Waals surface area contributed by atoms with E-state index in [1.54, 1.807) is 24.3 Å². The maximum atomic E-state index is 14.0. The number of ether oxygens (including phenoxy) is 1. The minimum atomic E-state index is -3.80. The number of fused-ring (bicyclic) bond motifs is 5. The van der Waals surface area contributed by atoms with Gasteiger partial charge in [-0.25, -0.2) is 0 Å². The van der Waals surface area contributed by atoms with Crippen LogP contribution in [0.3, 0.4) is 0 Å². The molecule has 4 saturated carbocycles. The Morgan fingerprint density at radius 1 is 1.05 bits per heavy atom. The number of esters is 1. The second kappa shape index (κ2) is 10.6. The van der Waals surface area contributed by atoms with Crippen molar-refractivity contribution in [3.8, 4) is 0 Å². The number of carbonyl (C=O) groups is 2. The van der Waals surface area contributed by atoms with Gasteiger partial charge in [-0.3, -0.25) is 13.8 Å². The molecule has 0 heterocycles. The van der Waals surface area contributed by atoms with Crippen LogP contribution < -0.4 is 0 Å². The number of Topliss-reactive ketones (excluding diaryl/α,β-unsaturated/α-hetero) is 1. The Bertz CT molecular complexity index is 1190. The van der Waals surface area contributed by atoms with E-state index in [0.29, 0.717) is 60.6 Å². The van der Waals surface area contributed by atoms with Gasteiger partial charge in [-0.15, -0.1) is 0 Å². The zero-order chi connectivity index (χ0) is 28.2. The molecule has 0 bridgehead atoms. The first kappa shape index (κ1) is 28.8. The fourth-order valence-electron chi connectivity index (χ4n) is 9.54. The summed E-state index contributed by atoms with van der Waals surface area (Å²) >= 11 is 0. The lowest BCUT2D eigenvalue weighted by Gasteiger charge is -2.60. The Morgan fingerprint density at radius 3 is 2.46 bits per heavy atom. The molecule has 6 nitrogen and oxygen atoms in total. The van der Waals surface area contributed by atoms with Crippen LogP contribution in [0.25, 0.3) is 0 Å². The first-order valence-electron chi connectivity index (χ1n) is 15.0. The van der Waals surface area contributed by atoms with Crippen molar-refractivity contribution in [2.45, 2.75) is 103 Å². The molecule has 1 aromatic carbocycles. The minimum Gasteiger partial charge on any atom is -0.469 e. The van der Waals surface area contributed by atoms with Crippen molar-refractivity contribution in [3.63, 3.8) is 0 Å². The summed E-state index contributed by atoms with van der Waals surface area (Å²) in [6.07, 6.45) is 8.22. The van der Waals surface area contributed by atoms with Gasteiger partial charge in [0.25, 0.3) is 10.1 Å². The molecule has 0 N–H and O–H groups in total. The topological polar surface area (TPSA) is 86.7 Å². The van der Waals surface area contributed by atoms with Gasteiger partial charge in [-0.05, 0) is 111 Å². The summed E-state index contributed by atoms with van der Waals surface area (Å²) in [7, 11) is -2.36. The van der Waals surface area contributed by atoms with Gasteiger partial charge < -0.3 is 4.74 Å². The van der Waals surface area contributed by atoms with Gasteiger partial charge in [-0.1, -0.05) is 38.5 Å². The predicted octanol–water partition coefficient (Wildman–Crippen LogP) is 6.50. The minimum absolute atomic E-state index is 0.0436. The average Bonchev–Trinajstić information content (AvgIpc) is 3.26. The summed E-state index contributed by atoms with van der Waals surface area (Å²) < 4.78 is 36.6. The second-order valence-electron chi connectivity index (χ2n) is 13.6. The molecular formula is C32H46O6S. The van der Waals surface area contributed by atoms with Crippen LogP contribution in [0.1, 0.15) is 90.5 Å². The van der Waals surface area contributed by atoms with Gasteiger partial charge in [-0.2, -0.15) is 8.42 Å². The van der Waals surface area contributed by atoms with E-state index < -0.39 is 10.1 Å². The molecule has 4 aliphatic rings. The number of aryl methyl sites for hydroxylation is 1. The maximum absolute atomic E-state index is 14.0. The van der Waals surface area contributed by atoms with Crippen LogP contribution in [0.2, 0.25) is 0 Å². The van der Waals surface area contributed by atoms with Crippen molar-refractivity contribution in [1.29, 1.82) is 0 Å². The largest absolute Gasteiger partial charge is 0.469 e. The summed E-state index contributed by atoms with van der Waals surface area (Å²) in [5, 5.41) is 0. The van der Waals surface area contributed by atoms with Crippen LogP contribution in [0.5, 0.6) is 0 Å². The van der Waals surface area contributed by atoms with E-state index in [1.165, 1.54) is 7.11 Å². The van der Waals surface area contributed by atoms with Gasteiger partial charge in [0.2, 0.25) is 0 Å². The Hall–Kier alpha value is -1.73. The van der Waals surface area contributed by atoms with Crippen molar-refractivity contribution in [1.82, 2.24) is 0 Å². The van der Waals surface area contributed by atoms with Gasteiger partial charge in [0, 0.05) is 18.3 Å². The Labute approximate surface area is 234 Å². The molecular weight excluding hydrogens is 512 g/mol. The lowest BCUT2D eigenvalue weighted by atomic mass is 9.44. The van der Waals surface area contributed by atoms with Gasteiger partial charge in [0.1, 0.15) is 5.78 Å². The Morgan fingerprint density at radius 2 is 1.77 bits per heavy atom. The molecule has 0 aliphatic heterocycles. The molecule has 1 aromatic rings. The van der Waals surface area contributed by atoms with E-state index in [9.17, 15) is 18.0 Å². The second-order valence-corrected chi connectivity index (χ2v) is 15.2. The zero-order valence-corrected chi connectivity index (χ0v) is 25.1. The fourth-order valence-corrected chi connectivity index (χ4v) is 10.7. The fraction of sp³-hybridized carbons (Fsp3) is 0.750. The number of hydrogen-bond donors (Lipinski definition) is 0. The van der Waals surface area contributed by atoms with Crippen molar-refractivity contribution in [3.05, 3.63) is 29.8 Å². The average molecular weight is 559 g/mol. The van der Waals surface area contributed by atoms with E-state index >= 15 is 0 Å². The maximum Gasteiger partial charge on any atom is 0.305 e. The molecule has 0 unspecified atom stereocenters. The predicted molar refractivity (Wildman–Crippen MR) is 149 cm³/mol. The van der Waals surface area contributed by atoms with Crippen molar-refractivity contribution < 1.29 is 26.9 Å². The molecule has 0 amide bonds.